The van der Waals surface area contributed by atoms with Crippen LogP contribution in [0.25, 0.3) is 22.3 Å². The number of hydrogen-bond donors (Lipinski definition) is 1. The minimum atomic E-state index is -0.500. The van der Waals surface area contributed by atoms with Crippen LogP contribution in [0, 0.1) is 0 Å². The molecule has 0 aromatic heterocycles. The first-order chi connectivity index (χ1) is 25.4. The van der Waals surface area contributed by atoms with Gasteiger partial charge in [-0.3, -0.25) is 0 Å². The molecule has 0 aliphatic heterocycles. The third-order valence-corrected chi connectivity index (χ3v) is 8.86. The molecule has 0 heterocycles. The molecule has 284 valence electrons. The summed E-state index contributed by atoms with van der Waals surface area (Å²) in [5, 5.41) is 9.25. The van der Waals surface area contributed by atoms with Gasteiger partial charge in [0.15, 0.2) is 0 Å². The Morgan fingerprint density at radius 2 is 1.25 bits per heavy atom. The molecule has 3 rings (SSSR count). The van der Waals surface area contributed by atoms with E-state index in [9.17, 15) is 19.5 Å². The van der Waals surface area contributed by atoms with E-state index < -0.39 is 17.9 Å². The number of hydrogen-bond acceptors (Lipinski definition) is 8. The molecule has 0 unspecified atom stereocenters. The van der Waals surface area contributed by atoms with Crippen molar-refractivity contribution in [3.63, 3.8) is 0 Å². The lowest BCUT2D eigenvalue weighted by Gasteiger charge is -2.24. The van der Waals surface area contributed by atoms with E-state index in [1.807, 2.05) is 6.07 Å². The van der Waals surface area contributed by atoms with Gasteiger partial charge in [0, 0.05) is 40.9 Å². The van der Waals surface area contributed by atoms with Crippen LogP contribution < -0.4 is 4.74 Å². The second-order valence-electron chi connectivity index (χ2n) is 13.4. The van der Waals surface area contributed by atoms with Crippen LogP contribution in [0.4, 0.5) is 0 Å². The van der Waals surface area contributed by atoms with Crippen molar-refractivity contribution in [1.82, 2.24) is 0 Å². The molecule has 0 saturated heterocycles. The number of aliphatic hydroxyl groups is 1. The van der Waals surface area contributed by atoms with E-state index in [1.54, 1.807) is 20.8 Å². The van der Waals surface area contributed by atoms with Gasteiger partial charge in [-0.1, -0.05) is 88.9 Å². The molecule has 0 aliphatic carbocycles. The predicted molar refractivity (Wildman–Crippen MR) is 211 cm³/mol. The first-order valence-corrected chi connectivity index (χ1v) is 18.5. The van der Waals surface area contributed by atoms with E-state index in [2.05, 4.69) is 76.0 Å². The zero-order chi connectivity index (χ0) is 38.9. The van der Waals surface area contributed by atoms with E-state index in [4.69, 9.17) is 18.9 Å². The largest absolute Gasteiger partial charge is 0.489 e. The van der Waals surface area contributed by atoms with Gasteiger partial charge in [-0.2, -0.15) is 0 Å². The Hall–Kier alpha value is -4.95. The molecule has 0 atom stereocenters. The van der Waals surface area contributed by atoms with Crippen LogP contribution in [-0.4, -0.2) is 49.4 Å². The van der Waals surface area contributed by atoms with Crippen molar-refractivity contribution in [1.29, 1.82) is 0 Å². The second-order valence-corrected chi connectivity index (χ2v) is 13.4. The Morgan fingerprint density at radius 1 is 0.623 bits per heavy atom. The molecule has 3 aromatic carbocycles. The average Bonchev–Trinajstić information content (AvgIpc) is 3.15. The monoisotopic (exact) mass is 724 g/mol. The summed E-state index contributed by atoms with van der Waals surface area (Å²) < 4.78 is 23.3. The van der Waals surface area contributed by atoms with Crippen molar-refractivity contribution in [2.24, 2.45) is 0 Å². The minimum Gasteiger partial charge on any atom is -0.489 e. The zero-order valence-corrected chi connectivity index (χ0v) is 32.2. The number of benzene rings is 3. The first-order valence-electron chi connectivity index (χ1n) is 18.5. The Morgan fingerprint density at radius 3 is 1.85 bits per heavy atom. The van der Waals surface area contributed by atoms with Crippen molar-refractivity contribution in [3.8, 4) is 28.0 Å². The molecule has 8 nitrogen and oxygen atoms in total. The average molecular weight is 725 g/mol. The Kier molecular flexibility index (Phi) is 17.3. The number of ether oxygens (including phenoxy) is 4. The number of aliphatic hydroxyl groups excluding tert-OH is 1. The number of esters is 3. The van der Waals surface area contributed by atoms with Gasteiger partial charge in [-0.15, -0.1) is 0 Å². The van der Waals surface area contributed by atoms with Crippen LogP contribution >= 0.6 is 0 Å². The summed E-state index contributed by atoms with van der Waals surface area (Å²) in [6.45, 7) is 20.5. The fourth-order valence-corrected chi connectivity index (χ4v) is 5.96. The molecule has 53 heavy (non-hydrogen) atoms. The summed E-state index contributed by atoms with van der Waals surface area (Å²) >= 11 is 0. The fraction of sp³-hybridized carbons (Fsp3) is 0.400. The number of carbonyl (C=O) groups is 3. The topological polar surface area (TPSA) is 108 Å². The van der Waals surface area contributed by atoms with Gasteiger partial charge in [-0.05, 0) is 97.9 Å². The molecule has 0 aliphatic rings. The van der Waals surface area contributed by atoms with Gasteiger partial charge in [0.05, 0.1) is 6.61 Å². The maximum absolute atomic E-state index is 12.6. The van der Waals surface area contributed by atoms with Crippen LogP contribution in [-0.2, 0) is 60.9 Å². The van der Waals surface area contributed by atoms with Crippen molar-refractivity contribution in [3.05, 3.63) is 113 Å². The van der Waals surface area contributed by atoms with Crippen LogP contribution in [0.15, 0.2) is 85.0 Å². The maximum atomic E-state index is 12.6. The first kappa shape index (κ1) is 42.5. The van der Waals surface area contributed by atoms with Crippen molar-refractivity contribution in [2.75, 3.05) is 26.4 Å². The van der Waals surface area contributed by atoms with Gasteiger partial charge in [0.25, 0.3) is 0 Å². The highest BCUT2D eigenvalue weighted by atomic mass is 16.6. The molecule has 8 heteroatoms. The van der Waals surface area contributed by atoms with Crippen molar-refractivity contribution < 1.29 is 38.4 Å². The fourth-order valence-electron chi connectivity index (χ4n) is 5.96. The molecule has 0 saturated carbocycles. The molecule has 1 N–H and O–H groups in total. The molecular weight excluding hydrogens is 668 g/mol. The standard InChI is InChI=1S/C45H56O8/c1-9-11-12-15-39-37(29-53-45(49)32(7)8)28-41(36-20-21-38(34(10-2)27-36)35-18-16-33(17-19-35)14-13-23-46)42(50-25-26-52-44(48)31(5)6)40(39)22-24-51-43(47)30(3)4/h16-21,27-28,46H,3,5,7,9-15,22-26,29H2,1-2,4,6,8H3. The van der Waals surface area contributed by atoms with E-state index >= 15 is 0 Å². The lowest BCUT2D eigenvalue weighted by molar-refractivity contribution is -0.140. The summed E-state index contributed by atoms with van der Waals surface area (Å²) in [5.41, 5.74) is 9.71. The van der Waals surface area contributed by atoms with Gasteiger partial charge < -0.3 is 24.1 Å². The predicted octanol–water partition coefficient (Wildman–Crippen LogP) is 9.02. The summed E-state index contributed by atoms with van der Waals surface area (Å²) in [5.74, 6) is -0.877. The van der Waals surface area contributed by atoms with Crippen LogP contribution in [0.3, 0.4) is 0 Å². The second kappa shape index (κ2) is 21.5. The Balaban J connectivity index is 2.24. The maximum Gasteiger partial charge on any atom is 0.333 e. The summed E-state index contributed by atoms with van der Waals surface area (Å²) in [4.78, 5) is 37.3. The van der Waals surface area contributed by atoms with Gasteiger partial charge in [-0.25, -0.2) is 14.4 Å². The van der Waals surface area contributed by atoms with E-state index in [0.29, 0.717) is 35.3 Å². The lowest BCUT2D eigenvalue weighted by atomic mass is 9.87. The molecule has 0 fully saturated rings. The summed E-state index contributed by atoms with van der Waals surface area (Å²) in [7, 11) is 0. The molecule has 0 bridgehead atoms. The highest BCUT2D eigenvalue weighted by Gasteiger charge is 2.23. The third kappa shape index (κ3) is 12.6. The molecule has 0 spiro atoms. The SMILES string of the molecule is C=C(C)C(=O)OCCOc1c(-c2ccc(-c3ccc(CCCO)cc3)c(CC)c2)cc(COC(=O)C(=C)C)c(CCCCC)c1CCOC(=O)C(=C)C. The number of aryl methyl sites for hydroxylation is 2. The van der Waals surface area contributed by atoms with E-state index in [1.165, 1.54) is 5.56 Å². The van der Waals surface area contributed by atoms with E-state index in [-0.39, 0.29) is 33.0 Å². The normalized spacial score (nSPS) is 10.8. The van der Waals surface area contributed by atoms with Crippen LogP contribution in [0.5, 0.6) is 5.75 Å². The Bertz CT molecular complexity index is 1770. The Labute approximate surface area is 315 Å². The van der Waals surface area contributed by atoms with Gasteiger partial charge in [0.1, 0.15) is 25.6 Å². The van der Waals surface area contributed by atoms with Crippen LogP contribution in [0.2, 0.25) is 0 Å². The van der Waals surface area contributed by atoms with Gasteiger partial charge in [0.2, 0.25) is 0 Å². The number of rotatable bonds is 22. The minimum absolute atomic E-state index is 0.00576. The number of carbonyl (C=O) groups excluding carboxylic acids is 3. The van der Waals surface area contributed by atoms with Gasteiger partial charge >= 0.3 is 17.9 Å². The van der Waals surface area contributed by atoms with Crippen molar-refractivity contribution in [2.45, 2.75) is 92.6 Å². The molecule has 0 amide bonds. The molecule has 0 radical (unpaired) electrons. The number of unbranched alkanes of at least 4 members (excludes halogenated alkanes) is 2. The van der Waals surface area contributed by atoms with Crippen molar-refractivity contribution >= 4 is 17.9 Å². The quantitative estimate of drug-likeness (QED) is 0.0474. The lowest BCUT2D eigenvalue weighted by Crippen LogP contribution is -2.16. The van der Waals surface area contributed by atoms with E-state index in [0.717, 1.165) is 83.0 Å². The smallest absolute Gasteiger partial charge is 0.333 e. The summed E-state index contributed by atoms with van der Waals surface area (Å²) in [6.07, 6.45) is 6.22. The third-order valence-electron chi connectivity index (χ3n) is 8.86. The molecular formula is C45H56O8. The molecule has 3 aromatic rings. The zero-order valence-electron chi connectivity index (χ0n) is 32.2. The highest BCUT2D eigenvalue weighted by molar-refractivity contribution is 5.88. The van der Waals surface area contributed by atoms with Crippen LogP contribution in [0.1, 0.15) is 88.1 Å². The highest BCUT2D eigenvalue weighted by Crippen LogP contribution is 2.41. The summed E-state index contributed by atoms with van der Waals surface area (Å²) in [6, 6.07) is 16.8.